The first-order valence-corrected chi connectivity index (χ1v) is 9.07. The van der Waals surface area contributed by atoms with E-state index in [0.717, 1.165) is 5.56 Å². The van der Waals surface area contributed by atoms with Gasteiger partial charge >= 0.3 is 0 Å². The van der Waals surface area contributed by atoms with Crippen molar-refractivity contribution in [3.8, 4) is 0 Å². The van der Waals surface area contributed by atoms with Crippen LogP contribution in [-0.4, -0.2) is 24.0 Å². The smallest absolute Gasteiger partial charge is 0.258 e. The van der Waals surface area contributed by atoms with Gasteiger partial charge in [-0.3, -0.25) is 13.6 Å². The van der Waals surface area contributed by atoms with Crippen LogP contribution in [0.5, 0.6) is 0 Å². The highest BCUT2D eigenvalue weighted by molar-refractivity contribution is 7.98. The van der Waals surface area contributed by atoms with Gasteiger partial charge in [-0.1, -0.05) is 41.0 Å². The molecule has 0 fully saturated rings. The minimum absolute atomic E-state index is 0.110. The maximum absolute atomic E-state index is 12.3. The molecule has 0 aliphatic heterocycles. The topological polar surface area (TPSA) is 64.6 Å². The van der Waals surface area contributed by atoms with Crippen LogP contribution in [0.4, 0.5) is 0 Å². The molecule has 0 saturated heterocycles. The fourth-order valence-electron chi connectivity index (χ4n) is 2.47. The summed E-state index contributed by atoms with van der Waals surface area (Å²) in [6.07, 6.45) is 3.48. The Bertz CT molecular complexity index is 1170. The molecule has 0 atom stereocenters. The van der Waals surface area contributed by atoms with E-state index in [2.05, 4.69) is 15.2 Å². The molecule has 0 radical (unpaired) electrons. The molecule has 0 saturated carbocycles. The fraction of sp³-hybridized carbons (Fsp3) is 0.125. The zero-order valence-electron chi connectivity index (χ0n) is 13.0. The molecule has 0 spiro atoms. The second kappa shape index (κ2) is 6.33. The number of aryl methyl sites for hydroxylation is 1. The Morgan fingerprint density at radius 1 is 1.12 bits per heavy atom. The van der Waals surface area contributed by atoms with Gasteiger partial charge in [-0.2, -0.15) is 0 Å². The Labute approximate surface area is 156 Å². The van der Waals surface area contributed by atoms with E-state index in [1.807, 2.05) is 19.1 Å². The number of nitrogens with zero attached hydrogens (tertiary/aromatic N) is 5. The summed E-state index contributed by atoms with van der Waals surface area (Å²) in [6.45, 7) is 1.93. The number of rotatable bonds is 3. The Balaban J connectivity index is 1.67. The van der Waals surface area contributed by atoms with Crippen molar-refractivity contribution in [1.82, 2.24) is 24.0 Å². The highest BCUT2D eigenvalue weighted by Crippen LogP contribution is 2.26. The average molecular weight is 392 g/mol. The van der Waals surface area contributed by atoms with Gasteiger partial charge in [0, 0.05) is 24.2 Å². The Hall–Kier alpha value is -2.09. The second-order valence-corrected chi connectivity index (χ2v) is 7.28. The number of halogens is 2. The van der Waals surface area contributed by atoms with Crippen molar-refractivity contribution in [2.45, 2.75) is 17.8 Å². The fourth-order valence-corrected chi connectivity index (χ4v) is 3.78. The van der Waals surface area contributed by atoms with Crippen LogP contribution in [0, 0.1) is 6.92 Å². The number of thioether (sulfide) groups is 1. The molecule has 0 N–H and O–H groups in total. The van der Waals surface area contributed by atoms with E-state index < -0.39 is 0 Å². The first-order valence-electron chi connectivity index (χ1n) is 7.33. The minimum Gasteiger partial charge on any atom is -0.275 e. The Morgan fingerprint density at radius 3 is 2.80 bits per heavy atom. The third-order valence-electron chi connectivity index (χ3n) is 3.60. The Kier molecular flexibility index (Phi) is 4.15. The van der Waals surface area contributed by atoms with Gasteiger partial charge in [0.15, 0.2) is 10.8 Å². The van der Waals surface area contributed by atoms with Gasteiger partial charge in [-0.15, -0.1) is 10.2 Å². The van der Waals surface area contributed by atoms with Gasteiger partial charge in [0.05, 0.1) is 15.7 Å². The lowest BCUT2D eigenvalue weighted by molar-refractivity contribution is 0.919. The number of pyridine rings is 2. The summed E-state index contributed by atoms with van der Waals surface area (Å²) in [7, 11) is 0. The van der Waals surface area contributed by atoms with Crippen molar-refractivity contribution < 1.29 is 0 Å². The predicted molar refractivity (Wildman–Crippen MR) is 98.8 cm³/mol. The summed E-state index contributed by atoms with van der Waals surface area (Å²) in [5, 5.41) is 9.76. The van der Waals surface area contributed by atoms with Crippen molar-refractivity contribution in [3.63, 3.8) is 0 Å². The Morgan fingerprint density at radius 2 is 1.96 bits per heavy atom. The maximum Gasteiger partial charge on any atom is 0.258 e. The molecule has 0 bridgehead atoms. The summed E-state index contributed by atoms with van der Waals surface area (Å²) in [5.74, 6) is 0.477. The number of aromatic nitrogens is 5. The molecule has 9 heteroatoms. The molecule has 4 rings (SSSR count). The van der Waals surface area contributed by atoms with E-state index >= 15 is 0 Å². The van der Waals surface area contributed by atoms with Crippen LogP contribution in [0.25, 0.3) is 11.3 Å². The molecule has 0 aliphatic carbocycles. The van der Waals surface area contributed by atoms with E-state index in [9.17, 15) is 4.79 Å². The van der Waals surface area contributed by atoms with Crippen LogP contribution in [0.1, 0.15) is 11.3 Å². The van der Waals surface area contributed by atoms with Gasteiger partial charge in [-0.25, -0.2) is 4.98 Å². The SMILES string of the molecule is Cc1ccc2nc(CSc3nnc4c(Cl)cc(Cl)cn34)cc(=O)n2c1. The van der Waals surface area contributed by atoms with Crippen LogP contribution >= 0.6 is 35.0 Å². The lowest BCUT2D eigenvalue weighted by Crippen LogP contribution is -2.15. The van der Waals surface area contributed by atoms with E-state index in [0.29, 0.717) is 37.9 Å². The summed E-state index contributed by atoms with van der Waals surface area (Å²) >= 11 is 13.6. The molecule has 25 heavy (non-hydrogen) atoms. The summed E-state index contributed by atoms with van der Waals surface area (Å²) in [5.41, 5.74) is 2.72. The largest absolute Gasteiger partial charge is 0.275 e. The monoisotopic (exact) mass is 391 g/mol. The van der Waals surface area contributed by atoms with Crippen molar-refractivity contribution >= 4 is 46.3 Å². The minimum atomic E-state index is -0.110. The summed E-state index contributed by atoms with van der Waals surface area (Å²) in [4.78, 5) is 16.8. The molecule has 0 amide bonds. The molecule has 4 aromatic rings. The quantitative estimate of drug-likeness (QED) is 0.498. The predicted octanol–water partition coefficient (Wildman–Crippen LogP) is 3.64. The summed E-state index contributed by atoms with van der Waals surface area (Å²) < 4.78 is 3.27. The van der Waals surface area contributed by atoms with Crippen molar-refractivity contribution in [2.24, 2.45) is 0 Å². The molecular formula is C16H11Cl2N5OS. The third-order valence-corrected chi connectivity index (χ3v) is 5.07. The number of hydrogen-bond acceptors (Lipinski definition) is 5. The average Bonchev–Trinajstić information content (AvgIpc) is 2.97. The first-order chi connectivity index (χ1) is 12.0. The van der Waals surface area contributed by atoms with E-state index in [1.165, 1.54) is 22.2 Å². The van der Waals surface area contributed by atoms with Crippen molar-refractivity contribution in [2.75, 3.05) is 0 Å². The normalized spacial score (nSPS) is 11.5. The number of fused-ring (bicyclic) bond motifs is 2. The zero-order valence-corrected chi connectivity index (χ0v) is 15.3. The van der Waals surface area contributed by atoms with Gasteiger partial charge in [0.1, 0.15) is 5.65 Å². The maximum atomic E-state index is 12.3. The third kappa shape index (κ3) is 3.10. The lowest BCUT2D eigenvalue weighted by Gasteiger charge is -2.05. The molecule has 0 aromatic carbocycles. The van der Waals surface area contributed by atoms with Crippen LogP contribution in [-0.2, 0) is 5.75 Å². The molecule has 6 nitrogen and oxygen atoms in total. The van der Waals surface area contributed by atoms with E-state index in [1.54, 1.807) is 22.9 Å². The van der Waals surface area contributed by atoms with Crippen molar-refractivity contribution in [1.29, 1.82) is 0 Å². The molecule has 0 unspecified atom stereocenters. The van der Waals surface area contributed by atoms with Crippen LogP contribution in [0.2, 0.25) is 10.0 Å². The van der Waals surface area contributed by atoms with Crippen LogP contribution in [0.3, 0.4) is 0 Å². The molecular weight excluding hydrogens is 381 g/mol. The molecule has 0 aliphatic rings. The number of hydrogen-bond donors (Lipinski definition) is 0. The van der Waals surface area contributed by atoms with Crippen LogP contribution < -0.4 is 5.56 Å². The van der Waals surface area contributed by atoms with Gasteiger partial charge in [0.2, 0.25) is 0 Å². The van der Waals surface area contributed by atoms with E-state index in [-0.39, 0.29) is 5.56 Å². The molecule has 4 heterocycles. The highest BCUT2D eigenvalue weighted by atomic mass is 35.5. The molecule has 4 aromatic heterocycles. The molecule has 126 valence electrons. The van der Waals surface area contributed by atoms with Gasteiger partial charge in [0.25, 0.3) is 5.56 Å². The summed E-state index contributed by atoms with van der Waals surface area (Å²) in [6, 6.07) is 6.91. The van der Waals surface area contributed by atoms with Gasteiger partial charge < -0.3 is 0 Å². The van der Waals surface area contributed by atoms with Crippen LogP contribution in [0.15, 0.2) is 46.6 Å². The lowest BCUT2D eigenvalue weighted by atomic mass is 10.3. The second-order valence-electron chi connectivity index (χ2n) is 5.49. The van der Waals surface area contributed by atoms with Gasteiger partial charge in [-0.05, 0) is 24.6 Å². The first kappa shape index (κ1) is 16.4. The van der Waals surface area contributed by atoms with E-state index in [4.69, 9.17) is 23.2 Å². The van der Waals surface area contributed by atoms with Crippen molar-refractivity contribution in [3.05, 3.63) is 68.3 Å². The highest BCUT2D eigenvalue weighted by Gasteiger charge is 2.11. The zero-order chi connectivity index (χ0) is 17.6. The standard InChI is InChI=1S/C16H11Cl2N5OS/c1-9-2-3-13-19-11(5-14(24)22(13)6-9)8-25-16-21-20-15-12(18)4-10(17)7-23(15)16/h2-7H,8H2,1H3.